The molecule has 2 aliphatic heterocycles. The van der Waals surface area contributed by atoms with Crippen LogP contribution in [0, 0.1) is 5.41 Å². The third-order valence-electron chi connectivity index (χ3n) is 4.78. The zero-order valence-corrected chi connectivity index (χ0v) is 12.0. The Hall–Kier alpha value is -0.610. The van der Waals surface area contributed by atoms with E-state index >= 15 is 0 Å². The van der Waals surface area contributed by atoms with Gasteiger partial charge in [-0.1, -0.05) is 6.92 Å². The summed E-state index contributed by atoms with van der Waals surface area (Å²) in [6.45, 7) is 9.23. The van der Waals surface area contributed by atoms with Crippen molar-refractivity contribution in [2.75, 3.05) is 39.8 Å². The maximum absolute atomic E-state index is 12.9. The van der Waals surface area contributed by atoms with Crippen LogP contribution in [-0.2, 0) is 4.79 Å². The van der Waals surface area contributed by atoms with Crippen LogP contribution in [0.2, 0.25) is 0 Å². The molecule has 0 saturated carbocycles. The maximum atomic E-state index is 12.9. The van der Waals surface area contributed by atoms with Crippen molar-refractivity contribution >= 4 is 5.91 Å². The highest BCUT2D eigenvalue weighted by atomic mass is 16.2. The lowest BCUT2D eigenvalue weighted by Crippen LogP contribution is -2.58. The van der Waals surface area contributed by atoms with E-state index in [2.05, 4.69) is 36.0 Å². The molecule has 0 bridgehead atoms. The molecule has 4 heteroatoms. The Morgan fingerprint density at radius 1 is 1.33 bits per heavy atom. The lowest BCUT2D eigenvalue weighted by molar-refractivity contribution is -0.148. The summed E-state index contributed by atoms with van der Waals surface area (Å²) < 4.78 is 0. The first-order valence-corrected chi connectivity index (χ1v) is 7.29. The second-order valence-corrected chi connectivity index (χ2v) is 5.99. The van der Waals surface area contributed by atoms with Gasteiger partial charge in [0.1, 0.15) is 0 Å². The van der Waals surface area contributed by atoms with Crippen LogP contribution in [0.4, 0.5) is 0 Å². The molecular formula is C14H27N3O. The fourth-order valence-corrected chi connectivity index (χ4v) is 3.37. The van der Waals surface area contributed by atoms with Crippen molar-refractivity contribution in [2.45, 2.75) is 39.2 Å². The van der Waals surface area contributed by atoms with Crippen LogP contribution in [-0.4, -0.2) is 61.5 Å². The number of piperidine rings is 1. The third-order valence-corrected chi connectivity index (χ3v) is 4.78. The lowest BCUT2D eigenvalue weighted by Gasteiger charge is -2.45. The SMILES string of the molecule is CCC1(C(=O)N2CCN(C)CC2C)CCNCC1. The Labute approximate surface area is 111 Å². The summed E-state index contributed by atoms with van der Waals surface area (Å²) in [4.78, 5) is 17.4. The number of nitrogens with zero attached hydrogens (tertiary/aromatic N) is 2. The molecule has 0 aliphatic carbocycles. The Morgan fingerprint density at radius 3 is 2.56 bits per heavy atom. The van der Waals surface area contributed by atoms with Crippen molar-refractivity contribution in [1.82, 2.24) is 15.1 Å². The smallest absolute Gasteiger partial charge is 0.229 e. The van der Waals surface area contributed by atoms with Crippen molar-refractivity contribution in [3.63, 3.8) is 0 Å². The lowest BCUT2D eigenvalue weighted by atomic mass is 9.75. The van der Waals surface area contributed by atoms with E-state index < -0.39 is 0 Å². The van der Waals surface area contributed by atoms with E-state index in [1.165, 1.54) is 0 Å². The summed E-state index contributed by atoms with van der Waals surface area (Å²) in [6.07, 6.45) is 2.98. The first kappa shape index (κ1) is 13.8. The third kappa shape index (κ3) is 2.54. The molecule has 2 heterocycles. The van der Waals surface area contributed by atoms with Gasteiger partial charge < -0.3 is 15.1 Å². The Bertz CT molecular complexity index is 299. The molecule has 0 aromatic heterocycles. The van der Waals surface area contributed by atoms with Gasteiger partial charge in [0, 0.05) is 25.7 Å². The number of likely N-dealkylation sites (N-methyl/N-ethyl adjacent to an activating group) is 1. The molecule has 0 aromatic carbocycles. The molecule has 2 rings (SSSR count). The average Bonchev–Trinajstić information content (AvgIpc) is 2.39. The summed E-state index contributed by atoms with van der Waals surface area (Å²) in [5.74, 6) is 0.409. The van der Waals surface area contributed by atoms with Crippen molar-refractivity contribution in [3.05, 3.63) is 0 Å². The number of hydrogen-bond acceptors (Lipinski definition) is 3. The molecule has 1 N–H and O–H groups in total. The summed E-state index contributed by atoms with van der Waals surface area (Å²) >= 11 is 0. The Kier molecular flexibility index (Phi) is 4.28. The summed E-state index contributed by atoms with van der Waals surface area (Å²) in [5, 5.41) is 3.37. The molecule has 2 aliphatic rings. The van der Waals surface area contributed by atoms with E-state index in [1.54, 1.807) is 0 Å². The molecule has 0 aromatic rings. The van der Waals surface area contributed by atoms with E-state index in [1.807, 2.05) is 0 Å². The molecule has 1 amide bonds. The van der Waals surface area contributed by atoms with Crippen molar-refractivity contribution in [3.8, 4) is 0 Å². The minimum absolute atomic E-state index is 0.0879. The molecule has 18 heavy (non-hydrogen) atoms. The van der Waals surface area contributed by atoms with Crippen LogP contribution in [0.5, 0.6) is 0 Å². The predicted molar refractivity (Wildman–Crippen MR) is 73.5 cm³/mol. The minimum Gasteiger partial charge on any atom is -0.337 e. The van der Waals surface area contributed by atoms with Crippen LogP contribution in [0.15, 0.2) is 0 Å². The zero-order valence-electron chi connectivity index (χ0n) is 12.0. The van der Waals surface area contributed by atoms with Crippen LogP contribution in [0.3, 0.4) is 0 Å². The topological polar surface area (TPSA) is 35.6 Å². The van der Waals surface area contributed by atoms with E-state index in [9.17, 15) is 4.79 Å². The van der Waals surface area contributed by atoms with Gasteiger partial charge in [0.15, 0.2) is 0 Å². The van der Waals surface area contributed by atoms with E-state index in [0.717, 1.165) is 52.0 Å². The molecule has 2 fully saturated rings. The fraction of sp³-hybridized carbons (Fsp3) is 0.929. The van der Waals surface area contributed by atoms with Crippen molar-refractivity contribution in [1.29, 1.82) is 0 Å². The highest BCUT2D eigenvalue weighted by Gasteiger charge is 2.42. The number of rotatable bonds is 2. The number of hydrogen-bond donors (Lipinski definition) is 1. The predicted octanol–water partition coefficient (Wildman–Crippen LogP) is 0.929. The zero-order chi connectivity index (χ0) is 13.2. The van der Waals surface area contributed by atoms with Crippen LogP contribution in [0.25, 0.3) is 0 Å². The van der Waals surface area contributed by atoms with Gasteiger partial charge in [0.05, 0.1) is 5.41 Å². The quantitative estimate of drug-likeness (QED) is 0.795. The number of carbonyl (C=O) groups excluding carboxylic acids is 1. The largest absolute Gasteiger partial charge is 0.337 e. The van der Waals surface area contributed by atoms with Gasteiger partial charge in [-0.25, -0.2) is 0 Å². The molecule has 4 nitrogen and oxygen atoms in total. The fourth-order valence-electron chi connectivity index (χ4n) is 3.37. The highest BCUT2D eigenvalue weighted by molar-refractivity contribution is 5.83. The molecule has 2 saturated heterocycles. The minimum atomic E-state index is -0.0879. The summed E-state index contributed by atoms with van der Waals surface area (Å²) in [5.41, 5.74) is -0.0879. The monoisotopic (exact) mass is 253 g/mol. The molecule has 0 radical (unpaired) electrons. The maximum Gasteiger partial charge on any atom is 0.229 e. The van der Waals surface area contributed by atoms with Gasteiger partial charge in [-0.05, 0) is 46.3 Å². The van der Waals surface area contributed by atoms with Gasteiger partial charge in [-0.2, -0.15) is 0 Å². The number of nitrogens with one attached hydrogen (secondary N) is 1. The highest BCUT2D eigenvalue weighted by Crippen LogP contribution is 2.35. The first-order chi connectivity index (χ1) is 8.59. The molecule has 104 valence electrons. The molecule has 1 atom stereocenters. The van der Waals surface area contributed by atoms with E-state index in [0.29, 0.717) is 11.9 Å². The number of amides is 1. The van der Waals surface area contributed by atoms with Crippen molar-refractivity contribution in [2.24, 2.45) is 5.41 Å². The number of piperazine rings is 1. The normalized spacial score (nSPS) is 29.3. The summed E-state index contributed by atoms with van der Waals surface area (Å²) in [7, 11) is 2.14. The van der Waals surface area contributed by atoms with Crippen LogP contribution < -0.4 is 5.32 Å². The van der Waals surface area contributed by atoms with Gasteiger partial charge in [0.25, 0.3) is 0 Å². The second-order valence-electron chi connectivity index (χ2n) is 5.99. The van der Waals surface area contributed by atoms with Crippen molar-refractivity contribution < 1.29 is 4.79 Å². The number of carbonyl (C=O) groups is 1. The Morgan fingerprint density at radius 2 is 2.00 bits per heavy atom. The second kappa shape index (κ2) is 5.57. The van der Waals surface area contributed by atoms with E-state index in [4.69, 9.17) is 0 Å². The average molecular weight is 253 g/mol. The van der Waals surface area contributed by atoms with Gasteiger partial charge in [-0.3, -0.25) is 4.79 Å². The van der Waals surface area contributed by atoms with Crippen LogP contribution >= 0.6 is 0 Å². The van der Waals surface area contributed by atoms with Gasteiger partial charge >= 0.3 is 0 Å². The summed E-state index contributed by atoms with van der Waals surface area (Å²) in [6, 6.07) is 0.356. The Balaban J connectivity index is 2.09. The van der Waals surface area contributed by atoms with Crippen LogP contribution in [0.1, 0.15) is 33.1 Å². The van der Waals surface area contributed by atoms with E-state index in [-0.39, 0.29) is 5.41 Å². The molecule has 0 spiro atoms. The van der Waals surface area contributed by atoms with Gasteiger partial charge in [0.2, 0.25) is 5.91 Å². The molecule has 1 unspecified atom stereocenters. The first-order valence-electron chi connectivity index (χ1n) is 7.29. The van der Waals surface area contributed by atoms with Gasteiger partial charge in [-0.15, -0.1) is 0 Å². The standard InChI is InChI=1S/C14H27N3O/c1-4-14(5-7-15-8-6-14)13(18)17-10-9-16(3)11-12(17)2/h12,15H,4-11H2,1-3H3. The molecular weight excluding hydrogens is 226 g/mol.